The second kappa shape index (κ2) is 6.22. The zero-order chi connectivity index (χ0) is 17.6. The number of aryl methyl sites for hydroxylation is 2. The third-order valence-electron chi connectivity index (χ3n) is 5.58. The Morgan fingerprint density at radius 2 is 1.80 bits per heavy atom. The normalized spacial score (nSPS) is 23.2. The van der Waals surface area contributed by atoms with E-state index in [4.69, 9.17) is 0 Å². The number of fused-ring (bicyclic) bond motifs is 1. The Morgan fingerprint density at radius 1 is 1.08 bits per heavy atom. The van der Waals surface area contributed by atoms with Crippen LogP contribution in [0.1, 0.15) is 16.8 Å². The van der Waals surface area contributed by atoms with Gasteiger partial charge in [-0.2, -0.15) is 0 Å². The lowest BCUT2D eigenvalue weighted by molar-refractivity contribution is 0.307. The van der Waals surface area contributed by atoms with E-state index in [1.165, 1.54) is 5.56 Å². The summed E-state index contributed by atoms with van der Waals surface area (Å²) in [4.78, 5) is 29.0. The lowest BCUT2D eigenvalue weighted by Gasteiger charge is -2.23. The Balaban J connectivity index is 1.41. The molecule has 132 valence electrons. The zero-order valence-corrected chi connectivity index (χ0v) is 15.0. The van der Waals surface area contributed by atoms with E-state index in [1.807, 2.05) is 13.1 Å². The summed E-state index contributed by atoms with van der Waals surface area (Å²) in [5, 5.41) is 0. The number of nitrogens with zero attached hydrogens (tertiary/aromatic N) is 6. The molecule has 2 aliphatic heterocycles. The molecule has 7 nitrogen and oxygen atoms in total. The molecule has 2 aliphatic rings. The van der Waals surface area contributed by atoms with Crippen LogP contribution in [0.2, 0.25) is 0 Å². The molecule has 2 atom stereocenters. The maximum atomic E-state index is 11.4. The molecule has 25 heavy (non-hydrogen) atoms. The Labute approximate surface area is 147 Å². The average Bonchev–Trinajstić information content (AvgIpc) is 3.12. The summed E-state index contributed by atoms with van der Waals surface area (Å²) in [5.41, 5.74) is 3.15. The number of anilines is 1. The molecule has 2 unspecified atom stereocenters. The fourth-order valence-electron chi connectivity index (χ4n) is 4.14. The molecule has 0 bridgehead atoms. The van der Waals surface area contributed by atoms with Gasteiger partial charge in [0.2, 0.25) is 0 Å². The molecule has 0 saturated carbocycles. The summed E-state index contributed by atoms with van der Waals surface area (Å²) in [7, 11) is 1.75. The molecule has 4 rings (SSSR count). The van der Waals surface area contributed by atoms with Crippen LogP contribution in [-0.2, 0) is 13.6 Å². The number of aromatic nitrogens is 4. The van der Waals surface area contributed by atoms with Gasteiger partial charge < -0.3 is 9.47 Å². The molecule has 0 N–H and O–H groups in total. The van der Waals surface area contributed by atoms with Crippen molar-refractivity contribution < 1.29 is 0 Å². The van der Waals surface area contributed by atoms with Gasteiger partial charge in [0.1, 0.15) is 12.1 Å². The summed E-state index contributed by atoms with van der Waals surface area (Å²) in [6, 6.07) is 0. The Hall–Kier alpha value is -2.28. The second-order valence-electron chi connectivity index (χ2n) is 7.38. The SMILES string of the molecule is Cc1ncnc(N2CC3CN(Cc4cnc(=O)n(C)c4)CC3C2)c1C. The fourth-order valence-corrected chi connectivity index (χ4v) is 4.14. The molecule has 0 aliphatic carbocycles. The molecule has 0 spiro atoms. The molecule has 7 heteroatoms. The Kier molecular flexibility index (Phi) is 4.03. The monoisotopic (exact) mass is 340 g/mol. The van der Waals surface area contributed by atoms with Crippen LogP contribution in [0.15, 0.2) is 23.5 Å². The van der Waals surface area contributed by atoms with Crippen molar-refractivity contribution in [1.29, 1.82) is 0 Å². The van der Waals surface area contributed by atoms with Crippen molar-refractivity contribution in [3.63, 3.8) is 0 Å². The highest BCUT2D eigenvalue weighted by Gasteiger charge is 2.40. The van der Waals surface area contributed by atoms with Crippen molar-refractivity contribution >= 4 is 5.82 Å². The summed E-state index contributed by atoms with van der Waals surface area (Å²) in [6.45, 7) is 9.31. The third-order valence-corrected chi connectivity index (χ3v) is 5.58. The van der Waals surface area contributed by atoms with Crippen molar-refractivity contribution in [1.82, 2.24) is 24.4 Å². The van der Waals surface area contributed by atoms with Crippen molar-refractivity contribution in [3.8, 4) is 0 Å². The molecule has 2 saturated heterocycles. The van der Waals surface area contributed by atoms with Gasteiger partial charge in [-0.05, 0) is 25.7 Å². The van der Waals surface area contributed by atoms with E-state index in [9.17, 15) is 4.79 Å². The van der Waals surface area contributed by atoms with Gasteiger partial charge in [-0.3, -0.25) is 4.90 Å². The molecule has 2 aromatic heterocycles. The van der Waals surface area contributed by atoms with Crippen molar-refractivity contribution in [2.24, 2.45) is 18.9 Å². The van der Waals surface area contributed by atoms with Crippen LogP contribution in [-0.4, -0.2) is 50.6 Å². The summed E-state index contributed by atoms with van der Waals surface area (Å²) in [5.74, 6) is 2.45. The van der Waals surface area contributed by atoms with Crippen molar-refractivity contribution in [3.05, 3.63) is 46.0 Å². The molecule has 0 amide bonds. The molecule has 0 radical (unpaired) electrons. The Bertz CT molecular complexity index is 834. The third kappa shape index (κ3) is 3.04. The minimum absolute atomic E-state index is 0.201. The van der Waals surface area contributed by atoms with E-state index >= 15 is 0 Å². The highest BCUT2D eigenvalue weighted by Crippen LogP contribution is 2.34. The first-order valence-electron chi connectivity index (χ1n) is 8.78. The smallest absolute Gasteiger partial charge is 0.347 e. The van der Waals surface area contributed by atoms with Crippen molar-refractivity contribution in [2.45, 2.75) is 20.4 Å². The van der Waals surface area contributed by atoms with E-state index in [0.717, 1.165) is 49.8 Å². The predicted molar refractivity (Wildman–Crippen MR) is 95.5 cm³/mol. The lowest BCUT2D eigenvalue weighted by Crippen LogP contribution is -2.30. The molecule has 4 heterocycles. The summed E-state index contributed by atoms with van der Waals surface area (Å²) in [6.07, 6.45) is 5.27. The minimum Gasteiger partial charge on any atom is -0.356 e. The highest BCUT2D eigenvalue weighted by molar-refractivity contribution is 5.48. The average molecular weight is 340 g/mol. The standard InChI is InChI=1S/C18H24N6O/c1-12-13(2)20-11-21-17(12)24-9-15-7-23(8-16(15)10-24)6-14-4-19-18(25)22(3)5-14/h4-5,11,15-16H,6-10H2,1-3H3. The molecular weight excluding hydrogens is 316 g/mol. The maximum absolute atomic E-state index is 11.4. The maximum Gasteiger partial charge on any atom is 0.347 e. The number of hydrogen-bond acceptors (Lipinski definition) is 6. The zero-order valence-electron chi connectivity index (χ0n) is 15.0. The van der Waals surface area contributed by atoms with E-state index in [-0.39, 0.29) is 5.69 Å². The number of likely N-dealkylation sites (tertiary alicyclic amines) is 1. The van der Waals surface area contributed by atoms with Gasteiger partial charge in [0.25, 0.3) is 0 Å². The summed E-state index contributed by atoms with van der Waals surface area (Å²) >= 11 is 0. The first-order chi connectivity index (χ1) is 12.0. The summed E-state index contributed by atoms with van der Waals surface area (Å²) < 4.78 is 1.55. The first-order valence-corrected chi connectivity index (χ1v) is 8.78. The van der Waals surface area contributed by atoms with E-state index in [0.29, 0.717) is 11.8 Å². The molecule has 2 fully saturated rings. The van der Waals surface area contributed by atoms with Gasteiger partial charge in [-0.15, -0.1) is 0 Å². The molecule has 2 aromatic rings. The van der Waals surface area contributed by atoms with Gasteiger partial charge >= 0.3 is 5.69 Å². The van der Waals surface area contributed by atoms with E-state index in [2.05, 4.69) is 31.7 Å². The van der Waals surface area contributed by atoms with Crippen LogP contribution in [0.3, 0.4) is 0 Å². The van der Waals surface area contributed by atoms with Crippen LogP contribution in [0.4, 0.5) is 5.82 Å². The van der Waals surface area contributed by atoms with Crippen LogP contribution < -0.4 is 10.6 Å². The first kappa shape index (κ1) is 16.2. The number of hydrogen-bond donors (Lipinski definition) is 0. The van der Waals surface area contributed by atoms with E-state index in [1.54, 1.807) is 24.1 Å². The molecular formula is C18H24N6O. The lowest BCUT2D eigenvalue weighted by atomic mass is 10.0. The quantitative estimate of drug-likeness (QED) is 0.822. The van der Waals surface area contributed by atoms with Gasteiger partial charge in [0, 0.05) is 69.0 Å². The highest BCUT2D eigenvalue weighted by atomic mass is 16.1. The van der Waals surface area contributed by atoms with Crippen LogP contribution in [0.25, 0.3) is 0 Å². The van der Waals surface area contributed by atoms with Crippen LogP contribution in [0, 0.1) is 25.7 Å². The second-order valence-corrected chi connectivity index (χ2v) is 7.38. The Morgan fingerprint density at radius 3 is 2.48 bits per heavy atom. The molecule has 0 aromatic carbocycles. The topological polar surface area (TPSA) is 67.2 Å². The van der Waals surface area contributed by atoms with Gasteiger partial charge in [-0.1, -0.05) is 0 Å². The number of rotatable bonds is 3. The largest absolute Gasteiger partial charge is 0.356 e. The van der Waals surface area contributed by atoms with Gasteiger partial charge in [0.05, 0.1) is 0 Å². The van der Waals surface area contributed by atoms with Crippen LogP contribution >= 0.6 is 0 Å². The van der Waals surface area contributed by atoms with Gasteiger partial charge in [0.15, 0.2) is 0 Å². The predicted octanol–water partition coefficient (Wildman–Crippen LogP) is 0.755. The van der Waals surface area contributed by atoms with E-state index < -0.39 is 0 Å². The van der Waals surface area contributed by atoms with Crippen molar-refractivity contribution in [2.75, 3.05) is 31.1 Å². The fraction of sp³-hybridized carbons (Fsp3) is 0.556. The minimum atomic E-state index is -0.201. The van der Waals surface area contributed by atoms with Crippen LogP contribution in [0.5, 0.6) is 0 Å². The van der Waals surface area contributed by atoms with Gasteiger partial charge in [-0.25, -0.2) is 19.7 Å².